The number of amides is 2. The van der Waals surface area contributed by atoms with Crippen LogP contribution in [0, 0.1) is 5.92 Å². The number of ether oxygens (including phenoxy) is 2. The van der Waals surface area contributed by atoms with Crippen LogP contribution in [0.25, 0.3) is 6.08 Å². The Bertz CT molecular complexity index is 859. The van der Waals surface area contributed by atoms with Gasteiger partial charge in [-0.1, -0.05) is 13.8 Å². The van der Waals surface area contributed by atoms with Crippen LogP contribution in [0.5, 0.6) is 0 Å². The summed E-state index contributed by atoms with van der Waals surface area (Å²) < 4.78 is 11.1. The van der Waals surface area contributed by atoms with Crippen LogP contribution >= 0.6 is 0 Å². The molecule has 194 valence electrons. The lowest BCUT2D eigenvalue weighted by molar-refractivity contribution is -0.198. The van der Waals surface area contributed by atoms with Gasteiger partial charge in [0.1, 0.15) is 5.60 Å². The van der Waals surface area contributed by atoms with Crippen LogP contribution in [0.2, 0.25) is 0 Å². The van der Waals surface area contributed by atoms with Crippen LogP contribution in [-0.2, 0) is 19.1 Å². The molecule has 0 aromatic carbocycles. The number of hydrogen-bond donors (Lipinski definition) is 1. The molecule has 2 amide bonds. The van der Waals surface area contributed by atoms with Crippen molar-refractivity contribution in [1.29, 1.82) is 0 Å². The predicted octanol–water partition coefficient (Wildman–Crippen LogP) is 4.14. The third-order valence-electron chi connectivity index (χ3n) is 5.71. The first-order valence-corrected chi connectivity index (χ1v) is 12.6. The summed E-state index contributed by atoms with van der Waals surface area (Å²) in [5.74, 6) is 0.172. The average Bonchev–Trinajstić information content (AvgIpc) is 3.23. The first-order chi connectivity index (χ1) is 16.6. The molecule has 3 rings (SSSR count). The van der Waals surface area contributed by atoms with E-state index < -0.39 is 17.8 Å². The van der Waals surface area contributed by atoms with E-state index in [1.54, 1.807) is 23.2 Å². The highest BCUT2D eigenvalue weighted by atomic mass is 16.8. The van der Waals surface area contributed by atoms with Gasteiger partial charge in [-0.15, -0.1) is 0 Å². The summed E-state index contributed by atoms with van der Waals surface area (Å²) in [6, 6.07) is 3.63. The molecule has 2 aliphatic heterocycles. The number of likely N-dealkylation sites (tertiary alicyclic amines) is 1. The summed E-state index contributed by atoms with van der Waals surface area (Å²) in [4.78, 5) is 39.0. The molecule has 2 saturated heterocycles. The number of hydroxylamine groups is 1. The number of nitrogens with one attached hydrogen (secondary N) is 1. The van der Waals surface area contributed by atoms with Crippen LogP contribution in [-0.4, -0.2) is 66.1 Å². The molecule has 0 radical (unpaired) electrons. The van der Waals surface area contributed by atoms with Gasteiger partial charge < -0.3 is 14.4 Å². The molecule has 0 saturated carbocycles. The van der Waals surface area contributed by atoms with Gasteiger partial charge in [-0.05, 0) is 64.2 Å². The van der Waals surface area contributed by atoms with E-state index in [-0.39, 0.29) is 12.1 Å². The van der Waals surface area contributed by atoms with Gasteiger partial charge in [-0.25, -0.2) is 15.1 Å². The Morgan fingerprint density at radius 3 is 2.71 bits per heavy atom. The fourth-order valence-corrected chi connectivity index (χ4v) is 4.24. The summed E-state index contributed by atoms with van der Waals surface area (Å²) in [7, 11) is 0. The summed E-state index contributed by atoms with van der Waals surface area (Å²) in [6.45, 7) is 13.4. The van der Waals surface area contributed by atoms with Crippen molar-refractivity contribution < 1.29 is 23.9 Å². The van der Waals surface area contributed by atoms with E-state index in [2.05, 4.69) is 29.2 Å². The minimum absolute atomic E-state index is 0.0109. The molecule has 1 aromatic heterocycles. The first kappa shape index (κ1) is 27.1. The Kier molecular flexibility index (Phi) is 9.65. The molecule has 1 aromatic rings. The third-order valence-corrected chi connectivity index (χ3v) is 5.71. The zero-order valence-corrected chi connectivity index (χ0v) is 21.7. The third kappa shape index (κ3) is 8.91. The van der Waals surface area contributed by atoms with Crippen LogP contribution in [0.4, 0.5) is 10.5 Å². The Morgan fingerprint density at radius 2 is 2.09 bits per heavy atom. The largest absolute Gasteiger partial charge is 0.443 e. The fraction of sp³-hybridized carbons (Fsp3) is 0.654. The highest BCUT2D eigenvalue weighted by Crippen LogP contribution is 2.26. The topological polar surface area (TPSA) is 93.2 Å². The molecule has 2 aliphatic rings. The molecule has 2 atom stereocenters. The summed E-state index contributed by atoms with van der Waals surface area (Å²) in [6.07, 6.45) is 7.50. The zero-order chi connectivity index (χ0) is 25.4. The Hall–Kier alpha value is -2.49. The van der Waals surface area contributed by atoms with Crippen molar-refractivity contribution in [2.75, 3.05) is 31.1 Å². The maximum absolute atomic E-state index is 13.1. The number of carbonyl (C=O) groups is 2. The fourth-order valence-electron chi connectivity index (χ4n) is 4.24. The standard InChI is InChI=1S/C26H40N4O5/c1-19(2)17-29-14-13-22(18-29)30(25(32)34-26(3,4)5)21-11-9-20(27-16-21)10-12-23(31)28-35-24-8-6-7-15-33-24/h9-12,16,19,22,24H,6-8,13-15,17-18H2,1-5H3,(H,28,31)/b12-10+/t22-,24?/m1/s1. The van der Waals surface area contributed by atoms with Crippen LogP contribution in [0.15, 0.2) is 24.4 Å². The van der Waals surface area contributed by atoms with E-state index >= 15 is 0 Å². The number of pyridine rings is 1. The van der Waals surface area contributed by atoms with E-state index in [9.17, 15) is 9.59 Å². The first-order valence-electron chi connectivity index (χ1n) is 12.6. The minimum atomic E-state index is -0.597. The van der Waals surface area contributed by atoms with Crippen molar-refractivity contribution in [2.24, 2.45) is 5.92 Å². The maximum Gasteiger partial charge on any atom is 0.415 e. The van der Waals surface area contributed by atoms with Gasteiger partial charge in [0.05, 0.1) is 23.6 Å². The van der Waals surface area contributed by atoms with Crippen molar-refractivity contribution in [3.8, 4) is 0 Å². The molecule has 35 heavy (non-hydrogen) atoms. The molecule has 9 nitrogen and oxygen atoms in total. The molecule has 2 fully saturated rings. The van der Waals surface area contributed by atoms with Crippen molar-refractivity contribution in [3.05, 3.63) is 30.1 Å². The maximum atomic E-state index is 13.1. The molecule has 1 N–H and O–H groups in total. The van der Waals surface area contributed by atoms with Gasteiger partial charge in [0.2, 0.25) is 0 Å². The van der Waals surface area contributed by atoms with E-state index in [1.807, 2.05) is 26.8 Å². The quantitative estimate of drug-likeness (QED) is 0.434. The van der Waals surface area contributed by atoms with Gasteiger partial charge in [0.25, 0.3) is 5.91 Å². The van der Waals surface area contributed by atoms with E-state index in [0.29, 0.717) is 23.9 Å². The number of anilines is 1. The molecule has 0 bridgehead atoms. The van der Waals surface area contributed by atoms with E-state index in [1.165, 1.54) is 6.08 Å². The number of hydrogen-bond acceptors (Lipinski definition) is 7. The van der Waals surface area contributed by atoms with Crippen molar-refractivity contribution in [2.45, 2.75) is 78.2 Å². The molecular formula is C26H40N4O5. The molecule has 1 unspecified atom stereocenters. The second kappa shape index (κ2) is 12.5. The number of aromatic nitrogens is 1. The van der Waals surface area contributed by atoms with Crippen LogP contribution in [0.1, 0.15) is 66.0 Å². The van der Waals surface area contributed by atoms with Gasteiger partial charge in [-0.3, -0.25) is 14.7 Å². The lowest BCUT2D eigenvalue weighted by Crippen LogP contribution is -2.45. The zero-order valence-electron chi connectivity index (χ0n) is 21.7. The SMILES string of the molecule is CC(C)CN1CC[C@@H](N(C(=O)OC(C)(C)C)c2ccc(/C=C/C(=O)NOC3CCCCO3)nc2)C1. The van der Waals surface area contributed by atoms with Crippen LogP contribution in [0.3, 0.4) is 0 Å². The van der Waals surface area contributed by atoms with Gasteiger partial charge >= 0.3 is 6.09 Å². The van der Waals surface area contributed by atoms with E-state index in [0.717, 1.165) is 45.3 Å². The second-order valence-electron chi connectivity index (χ2n) is 10.6. The number of rotatable bonds is 8. The van der Waals surface area contributed by atoms with Gasteiger partial charge in [0.15, 0.2) is 6.29 Å². The Balaban J connectivity index is 1.64. The second-order valence-corrected chi connectivity index (χ2v) is 10.6. The average molecular weight is 489 g/mol. The lowest BCUT2D eigenvalue weighted by atomic mass is 10.2. The normalized spacial score (nSPS) is 21.4. The smallest absolute Gasteiger partial charge is 0.415 e. The Morgan fingerprint density at radius 1 is 1.29 bits per heavy atom. The Labute approximate surface area is 208 Å². The number of nitrogens with zero attached hydrogens (tertiary/aromatic N) is 3. The highest BCUT2D eigenvalue weighted by molar-refractivity contribution is 5.91. The van der Waals surface area contributed by atoms with Crippen LogP contribution < -0.4 is 10.4 Å². The molecule has 3 heterocycles. The molecule has 9 heteroatoms. The summed E-state index contributed by atoms with van der Waals surface area (Å²) in [5.41, 5.74) is 3.06. The minimum Gasteiger partial charge on any atom is -0.443 e. The monoisotopic (exact) mass is 488 g/mol. The molecule has 0 aliphatic carbocycles. The number of carbonyl (C=O) groups excluding carboxylic acids is 2. The van der Waals surface area contributed by atoms with Crippen molar-refractivity contribution in [1.82, 2.24) is 15.4 Å². The van der Waals surface area contributed by atoms with Crippen molar-refractivity contribution in [3.63, 3.8) is 0 Å². The molecule has 0 spiro atoms. The lowest BCUT2D eigenvalue weighted by Gasteiger charge is -2.31. The predicted molar refractivity (Wildman–Crippen MR) is 134 cm³/mol. The van der Waals surface area contributed by atoms with Crippen molar-refractivity contribution >= 4 is 23.8 Å². The molecular weight excluding hydrogens is 448 g/mol. The summed E-state index contributed by atoms with van der Waals surface area (Å²) >= 11 is 0. The van der Waals surface area contributed by atoms with Gasteiger partial charge in [-0.2, -0.15) is 0 Å². The van der Waals surface area contributed by atoms with Gasteiger partial charge in [0, 0.05) is 38.7 Å². The van der Waals surface area contributed by atoms with E-state index in [4.69, 9.17) is 14.3 Å². The highest BCUT2D eigenvalue weighted by Gasteiger charge is 2.34. The summed E-state index contributed by atoms with van der Waals surface area (Å²) in [5, 5.41) is 0.